The lowest BCUT2D eigenvalue weighted by molar-refractivity contribution is 0.1000. The second kappa shape index (κ2) is 6.83. The summed E-state index contributed by atoms with van der Waals surface area (Å²) in [6.45, 7) is 0.306. The zero-order chi connectivity index (χ0) is 16.9. The zero-order valence-corrected chi connectivity index (χ0v) is 13.0. The zero-order valence-electron chi connectivity index (χ0n) is 13.0. The van der Waals surface area contributed by atoms with Crippen molar-refractivity contribution < 1.29 is 9.59 Å². The molecule has 0 unspecified atom stereocenters. The Morgan fingerprint density at radius 1 is 0.875 bits per heavy atom. The number of benzene rings is 3. The van der Waals surface area contributed by atoms with E-state index in [1.165, 1.54) is 0 Å². The summed E-state index contributed by atoms with van der Waals surface area (Å²) in [6, 6.07) is 20.2. The molecule has 0 atom stereocenters. The summed E-state index contributed by atoms with van der Waals surface area (Å²) < 4.78 is 0. The summed E-state index contributed by atoms with van der Waals surface area (Å²) in [7, 11) is 0. The second-order valence-corrected chi connectivity index (χ2v) is 5.43. The minimum Gasteiger partial charge on any atom is -0.366 e. The summed E-state index contributed by atoms with van der Waals surface area (Å²) >= 11 is 0. The first-order valence-electron chi connectivity index (χ1n) is 7.54. The first kappa shape index (κ1) is 15.6. The molecule has 120 valence electrons. The Bertz CT molecular complexity index is 906. The highest BCUT2D eigenvalue weighted by molar-refractivity contribution is 5.94. The molecule has 5 nitrogen and oxygen atoms in total. The van der Waals surface area contributed by atoms with Gasteiger partial charge in [-0.3, -0.25) is 4.79 Å². The van der Waals surface area contributed by atoms with Gasteiger partial charge in [0.25, 0.3) is 0 Å². The summed E-state index contributed by atoms with van der Waals surface area (Å²) in [5.74, 6) is -0.488. The molecule has 0 saturated heterocycles. The van der Waals surface area contributed by atoms with Gasteiger partial charge in [-0.05, 0) is 40.6 Å². The van der Waals surface area contributed by atoms with Crippen LogP contribution in [-0.4, -0.2) is 11.9 Å². The number of carbonyl (C=O) groups is 2. The molecular formula is C19H17N3O2. The molecule has 0 aliphatic rings. The van der Waals surface area contributed by atoms with E-state index >= 15 is 0 Å². The van der Waals surface area contributed by atoms with Crippen molar-refractivity contribution in [3.8, 4) is 0 Å². The van der Waals surface area contributed by atoms with Gasteiger partial charge in [0.15, 0.2) is 0 Å². The maximum absolute atomic E-state index is 12.0. The van der Waals surface area contributed by atoms with Crippen LogP contribution in [0.1, 0.15) is 15.9 Å². The van der Waals surface area contributed by atoms with Gasteiger partial charge in [0, 0.05) is 17.8 Å². The first-order chi connectivity index (χ1) is 11.6. The number of urea groups is 1. The van der Waals surface area contributed by atoms with Gasteiger partial charge < -0.3 is 16.4 Å². The predicted octanol–water partition coefficient (Wildman–Crippen LogP) is 3.26. The minimum atomic E-state index is -0.488. The molecule has 3 aromatic rings. The number of hydrogen-bond acceptors (Lipinski definition) is 2. The summed E-state index contributed by atoms with van der Waals surface area (Å²) in [5.41, 5.74) is 7.19. The third-order valence-electron chi connectivity index (χ3n) is 3.67. The number of nitrogens with one attached hydrogen (secondary N) is 2. The van der Waals surface area contributed by atoms with E-state index in [2.05, 4.69) is 10.6 Å². The fourth-order valence-corrected chi connectivity index (χ4v) is 2.46. The van der Waals surface area contributed by atoms with Crippen LogP contribution in [0.2, 0.25) is 0 Å². The number of anilines is 1. The number of carbonyl (C=O) groups excluding carboxylic acids is 2. The van der Waals surface area contributed by atoms with Gasteiger partial charge in [0.05, 0.1) is 0 Å². The molecule has 3 amide bonds. The van der Waals surface area contributed by atoms with Crippen molar-refractivity contribution in [2.24, 2.45) is 5.73 Å². The number of amides is 3. The Balaban J connectivity index is 1.62. The lowest BCUT2D eigenvalue weighted by Crippen LogP contribution is -2.28. The number of fused-ring (bicyclic) bond motifs is 1. The lowest BCUT2D eigenvalue weighted by Gasteiger charge is -2.09. The molecule has 0 bridgehead atoms. The second-order valence-electron chi connectivity index (χ2n) is 5.43. The number of primary amides is 1. The van der Waals surface area contributed by atoms with Crippen LogP contribution in [0, 0.1) is 0 Å². The molecule has 0 aromatic heterocycles. The number of nitrogens with two attached hydrogens (primary N) is 1. The van der Waals surface area contributed by atoms with E-state index in [4.69, 9.17) is 5.73 Å². The molecule has 3 aromatic carbocycles. The highest BCUT2D eigenvalue weighted by atomic mass is 16.2. The van der Waals surface area contributed by atoms with E-state index < -0.39 is 5.91 Å². The maximum Gasteiger partial charge on any atom is 0.319 e. The molecule has 0 saturated carbocycles. The van der Waals surface area contributed by atoms with Crippen molar-refractivity contribution in [1.29, 1.82) is 0 Å². The van der Waals surface area contributed by atoms with Crippen molar-refractivity contribution in [3.63, 3.8) is 0 Å². The van der Waals surface area contributed by atoms with Gasteiger partial charge in [0.2, 0.25) is 5.91 Å². The van der Waals surface area contributed by atoms with Gasteiger partial charge in [-0.15, -0.1) is 0 Å². The van der Waals surface area contributed by atoms with E-state index in [0.29, 0.717) is 12.1 Å². The number of hydrogen-bond donors (Lipinski definition) is 3. The van der Waals surface area contributed by atoms with Gasteiger partial charge in [-0.2, -0.15) is 0 Å². The van der Waals surface area contributed by atoms with Gasteiger partial charge >= 0.3 is 6.03 Å². The molecule has 0 heterocycles. The minimum absolute atomic E-state index is 0.306. The molecule has 24 heavy (non-hydrogen) atoms. The Hall–Kier alpha value is -3.34. The fourth-order valence-electron chi connectivity index (χ4n) is 2.46. The van der Waals surface area contributed by atoms with Crippen LogP contribution in [-0.2, 0) is 6.54 Å². The molecule has 0 aliphatic carbocycles. The van der Waals surface area contributed by atoms with E-state index in [1.54, 1.807) is 18.2 Å². The lowest BCUT2D eigenvalue weighted by atomic mass is 10.1. The van der Waals surface area contributed by atoms with Crippen molar-refractivity contribution in [2.45, 2.75) is 6.54 Å². The highest BCUT2D eigenvalue weighted by Crippen LogP contribution is 2.18. The van der Waals surface area contributed by atoms with Crippen LogP contribution in [0.15, 0.2) is 66.7 Å². The van der Waals surface area contributed by atoms with E-state index in [9.17, 15) is 9.59 Å². The molecule has 3 rings (SSSR count). The molecule has 4 N–H and O–H groups in total. The average Bonchev–Trinajstić information content (AvgIpc) is 2.60. The van der Waals surface area contributed by atoms with Crippen LogP contribution in [0.4, 0.5) is 10.5 Å². The SMILES string of the molecule is NC(=O)c1cccc(CNC(=O)Nc2ccc3ccccc3c2)c1. The molecule has 0 fully saturated rings. The first-order valence-corrected chi connectivity index (χ1v) is 7.54. The maximum atomic E-state index is 12.0. The topological polar surface area (TPSA) is 84.2 Å². The van der Waals surface area contributed by atoms with Crippen molar-refractivity contribution in [3.05, 3.63) is 77.9 Å². The fraction of sp³-hybridized carbons (Fsp3) is 0.0526. The average molecular weight is 319 g/mol. The normalized spacial score (nSPS) is 10.3. The van der Waals surface area contributed by atoms with E-state index in [0.717, 1.165) is 22.0 Å². The standard InChI is InChI=1S/C19H17N3O2/c20-18(23)16-7-3-4-13(10-16)12-21-19(24)22-17-9-8-14-5-1-2-6-15(14)11-17/h1-11H,12H2,(H2,20,23)(H2,21,22,24). The molecule has 0 aliphatic heterocycles. The van der Waals surface area contributed by atoms with E-state index in [-0.39, 0.29) is 6.03 Å². The van der Waals surface area contributed by atoms with Crippen molar-refractivity contribution >= 4 is 28.4 Å². The Labute approximate surface area is 139 Å². The van der Waals surface area contributed by atoms with Gasteiger partial charge in [-0.25, -0.2) is 4.79 Å². The quantitative estimate of drug-likeness (QED) is 0.689. The van der Waals surface area contributed by atoms with Crippen molar-refractivity contribution in [2.75, 3.05) is 5.32 Å². The van der Waals surface area contributed by atoms with Gasteiger partial charge in [-0.1, -0.05) is 42.5 Å². The van der Waals surface area contributed by atoms with E-state index in [1.807, 2.05) is 48.5 Å². The highest BCUT2D eigenvalue weighted by Gasteiger charge is 2.05. The Morgan fingerprint density at radius 3 is 2.46 bits per heavy atom. The smallest absolute Gasteiger partial charge is 0.319 e. The third-order valence-corrected chi connectivity index (χ3v) is 3.67. The number of rotatable bonds is 4. The molecule has 0 radical (unpaired) electrons. The van der Waals surface area contributed by atoms with Crippen LogP contribution in [0.5, 0.6) is 0 Å². The van der Waals surface area contributed by atoms with Crippen LogP contribution >= 0.6 is 0 Å². The third kappa shape index (κ3) is 3.70. The Kier molecular flexibility index (Phi) is 4.43. The summed E-state index contributed by atoms with van der Waals surface area (Å²) in [4.78, 5) is 23.2. The molecule has 0 spiro atoms. The predicted molar refractivity (Wildman–Crippen MR) is 94.8 cm³/mol. The monoisotopic (exact) mass is 319 g/mol. The van der Waals surface area contributed by atoms with Crippen LogP contribution < -0.4 is 16.4 Å². The molecular weight excluding hydrogens is 302 g/mol. The van der Waals surface area contributed by atoms with Crippen LogP contribution in [0.25, 0.3) is 10.8 Å². The van der Waals surface area contributed by atoms with Crippen molar-refractivity contribution in [1.82, 2.24) is 5.32 Å². The van der Waals surface area contributed by atoms with Crippen LogP contribution in [0.3, 0.4) is 0 Å². The summed E-state index contributed by atoms with van der Waals surface area (Å²) in [6.07, 6.45) is 0. The molecule has 5 heteroatoms. The largest absolute Gasteiger partial charge is 0.366 e. The summed E-state index contributed by atoms with van der Waals surface area (Å²) in [5, 5.41) is 7.74. The Morgan fingerprint density at radius 2 is 1.67 bits per heavy atom. The van der Waals surface area contributed by atoms with Gasteiger partial charge in [0.1, 0.15) is 0 Å².